The molecule has 1 aromatic carbocycles. The molecule has 28 heavy (non-hydrogen) atoms. The molecular formula is C21H29BN2O4. The van der Waals surface area contributed by atoms with Crippen LogP contribution in [-0.4, -0.2) is 36.6 Å². The largest absolute Gasteiger partial charge is 0.492 e. The first-order valence-electron chi connectivity index (χ1n) is 9.36. The van der Waals surface area contributed by atoms with Gasteiger partial charge in [-0.2, -0.15) is 5.26 Å². The van der Waals surface area contributed by atoms with Crippen LogP contribution in [0.2, 0.25) is 0 Å². The molecular weight excluding hydrogens is 355 g/mol. The minimum Gasteiger partial charge on any atom is -0.444 e. The van der Waals surface area contributed by atoms with E-state index in [9.17, 15) is 4.79 Å². The van der Waals surface area contributed by atoms with Gasteiger partial charge in [0.25, 0.3) is 0 Å². The lowest BCUT2D eigenvalue weighted by Gasteiger charge is -2.32. The molecule has 0 aliphatic carbocycles. The van der Waals surface area contributed by atoms with Gasteiger partial charge in [-0.25, -0.2) is 4.79 Å². The first-order chi connectivity index (χ1) is 12.8. The molecule has 0 saturated carbocycles. The zero-order chi connectivity index (χ0) is 21.2. The number of benzene rings is 1. The van der Waals surface area contributed by atoms with Gasteiger partial charge in [0.05, 0.1) is 22.8 Å². The molecule has 7 heteroatoms. The molecule has 150 valence electrons. The highest BCUT2D eigenvalue weighted by Crippen LogP contribution is 2.38. The van der Waals surface area contributed by atoms with E-state index in [-0.39, 0.29) is 6.54 Å². The van der Waals surface area contributed by atoms with Crippen LogP contribution in [0.5, 0.6) is 0 Å². The van der Waals surface area contributed by atoms with Crippen LogP contribution in [0.15, 0.2) is 29.7 Å². The highest BCUT2D eigenvalue weighted by Gasteiger charge is 2.52. The third-order valence-electron chi connectivity index (χ3n) is 4.76. The summed E-state index contributed by atoms with van der Waals surface area (Å²) in [4.78, 5) is 12.1. The lowest BCUT2D eigenvalue weighted by Crippen LogP contribution is -2.41. The van der Waals surface area contributed by atoms with Gasteiger partial charge in [0.15, 0.2) is 0 Å². The van der Waals surface area contributed by atoms with Crippen LogP contribution in [0.4, 0.5) is 4.79 Å². The van der Waals surface area contributed by atoms with Crippen LogP contribution >= 0.6 is 0 Å². The molecule has 0 radical (unpaired) electrons. The Bertz CT molecular complexity index is 787. The van der Waals surface area contributed by atoms with E-state index in [1.54, 1.807) is 12.1 Å². The molecule has 1 saturated heterocycles. The fourth-order valence-electron chi connectivity index (χ4n) is 2.60. The van der Waals surface area contributed by atoms with E-state index in [1.165, 1.54) is 0 Å². The van der Waals surface area contributed by atoms with E-state index in [4.69, 9.17) is 19.3 Å². The second-order valence-electron chi connectivity index (χ2n) is 8.90. The maximum absolute atomic E-state index is 12.1. The number of hydrogen-bond acceptors (Lipinski definition) is 5. The maximum atomic E-state index is 12.1. The molecule has 1 N–H and O–H groups in total. The molecule has 1 amide bonds. The molecule has 1 aromatic rings. The summed E-state index contributed by atoms with van der Waals surface area (Å²) >= 11 is 0. The van der Waals surface area contributed by atoms with Gasteiger partial charge in [-0.05, 0) is 71.6 Å². The second kappa shape index (κ2) is 7.98. The summed E-state index contributed by atoms with van der Waals surface area (Å²) in [6, 6.07) is 9.35. The van der Waals surface area contributed by atoms with Crippen molar-refractivity contribution in [2.75, 3.05) is 6.54 Å². The molecule has 1 aliphatic rings. The van der Waals surface area contributed by atoms with Crippen molar-refractivity contribution in [3.63, 3.8) is 0 Å². The van der Waals surface area contributed by atoms with Gasteiger partial charge in [-0.3, -0.25) is 0 Å². The summed E-state index contributed by atoms with van der Waals surface area (Å²) in [6.07, 6.45) is 1.36. The average Bonchev–Trinajstić information content (AvgIpc) is 2.77. The number of ether oxygens (including phenoxy) is 1. The minimum atomic E-state index is -0.620. The first kappa shape index (κ1) is 22.0. The van der Waals surface area contributed by atoms with Gasteiger partial charge < -0.3 is 19.4 Å². The summed E-state index contributed by atoms with van der Waals surface area (Å²) in [5.74, 6) is 0. The van der Waals surface area contributed by atoms with Crippen LogP contribution in [0.25, 0.3) is 6.08 Å². The molecule has 1 aliphatic heterocycles. The number of nitriles is 1. The summed E-state index contributed by atoms with van der Waals surface area (Å²) in [7, 11) is -0.620. The number of amides is 1. The lowest BCUT2D eigenvalue weighted by atomic mass is 9.77. The van der Waals surface area contributed by atoms with E-state index in [0.717, 1.165) is 11.0 Å². The molecule has 1 fully saturated rings. The normalized spacial score (nSPS) is 18.5. The second-order valence-corrected chi connectivity index (χ2v) is 8.90. The number of nitrogens with zero attached hydrogens (tertiary/aromatic N) is 1. The number of nitrogens with one attached hydrogen (secondary N) is 1. The van der Waals surface area contributed by atoms with Crippen molar-refractivity contribution in [3.05, 3.63) is 40.9 Å². The van der Waals surface area contributed by atoms with Crippen molar-refractivity contribution in [3.8, 4) is 6.07 Å². The summed E-state index contributed by atoms with van der Waals surface area (Å²) in [6.45, 7) is 13.5. The Labute approximate surface area is 168 Å². The van der Waals surface area contributed by atoms with Crippen molar-refractivity contribution in [1.29, 1.82) is 5.26 Å². The van der Waals surface area contributed by atoms with Gasteiger partial charge >= 0.3 is 13.2 Å². The Balaban J connectivity index is 2.27. The van der Waals surface area contributed by atoms with E-state index in [0.29, 0.717) is 5.56 Å². The predicted octanol–water partition coefficient (Wildman–Crippen LogP) is 4.10. The number of rotatable bonds is 4. The number of carbonyl (C=O) groups excluding carboxylic acids is 1. The maximum Gasteiger partial charge on any atom is 0.492 e. The van der Waals surface area contributed by atoms with Gasteiger partial charge in [0.2, 0.25) is 0 Å². The molecule has 0 unspecified atom stereocenters. The summed E-state index contributed by atoms with van der Waals surface area (Å²) < 4.78 is 17.6. The molecule has 6 nitrogen and oxygen atoms in total. The van der Waals surface area contributed by atoms with Crippen LogP contribution < -0.4 is 5.32 Å². The highest BCUT2D eigenvalue weighted by atomic mass is 16.7. The third-order valence-corrected chi connectivity index (χ3v) is 4.76. The van der Waals surface area contributed by atoms with Gasteiger partial charge in [-0.15, -0.1) is 0 Å². The fraction of sp³-hybridized carbons (Fsp3) is 0.524. The zero-order valence-electron chi connectivity index (χ0n) is 17.8. The summed E-state index contributed by atoms with van der Waals surface area (Å²) in [5.41, 5.74) is 0.532. The van der Waals surface area contributed by atoms with Crippen molar-refractivity contribution >= 4 is 19.3 Å². The van der Waals surface area contributed by atoms with Crippen molar-refractivity contribution in [2.24, 2.45) is 0 Å². The molecule has 0 bridgehead atoms. The standard InChI is InChI=1S/C21H29BN2O4/c1-19(2,3)26-18(25)24-14-17(12-15-9-8-10-16(11-15)13-23)22-27-20(4,5)21(6,7)28-22/h8-12H,14H2,1-7H3,(H,24,25). The molecule has 0 spiro atoms. The Morgan fingerprint density at radius 2 is 1.86 bits per heavy atom. The van der Waals surface area contributed by atoms with E-state index in [1.807, 2.05) is 66.7 Å². The van der Waals surface area contributed by atoms with Gasteiger partial charge in [0, 0.05) is 6.54 Å². The van der Waals surface area contributed by atoms with E-state index < -0.39 is 30.0 Å². The third kappa shape index (κ3) is 5.60. The monoisotopic (exact) mass is 384 g/mol. The number of carbonyl (C=O) groups is 1. The molecule has 0 atom stereocenters. The number of alkyl carbamates (subject to hydrolysis) is 1. The zero-order valence-corrected chi connectivity index (χ0v) is 17.8. The van der Waals surface area contributed by atoms with Crippen LogP contribution in [0.3, 0.4) is 0 Å². The average molecular weight is 384 g/mol. The van der Waals surface area contributed by atoms with Crippen molar-refractivity contribution in [2.45, 2.75) is 65.3 Å². The lowest BCUT2D eigenvalue weighted by molar-refractivity contribution is 0.00578. The van der Waals surface area contributed by atoms with E-state index in [2.05, 4.69) is 11.4 Å². The first-order valence-corrected chi connectivity index (χ1v) is 9.36. The molecule has 0 aromatic heterocycles. The predicted molar refractivity (Wildman–Crippen MR) is 109 cm³/mol. The van der Waals surface area contributed by atoms with Crippen LogP contribution in [0.1, 0.15) is 59.6 Å². The van der Waals surface area contributed by atoms with Crippen LogP contribution in [0, 0.1) is 11.3 Å². The Hall–Kier alpha value is -2.30. The number of hydrogen-bond donors (Lipinski definition) is 1. The Kier molecular flexibility index (Phi) is 6.27. The SMILES string of the molecule is CC(C)(C)OC(=O)NCC(=Cc1cccc(C#N)c1)B1OC(C)(C)C(C)(C)O1. The molecule has 2 rings (SSSR count). The van der Waals surface area contributed by atoms with Gasteiger partial charge in [0.1, 0.15) is 5.60 Å². The van der Waals surface area contributed by atoms with Crippen molar-refractivity contribution < 1.29 is 18.8 Å². The quantitative estimate of drug-likeness (QED) is 0.791. The van der Waals surface area contributed by atoms with E-state index >= 15 is 0 Å². The van der Waals surface area contributed by atoms with Gasteiger partial charge in [-0.1, -0.05) is 18.2 Å². The van der Waals surface area contributed by atoms with Crippen molar-refractivity contribution in [1.82, 2.24) is 5.32 Å². The molecule has 1 heterocycles. The Morgan fingerprint density at radius 1 is 1.25 bits per heavy atom. The summed E-state index contributed by atoms with van der Waals surface area (Å²) in [5, 5.41) is 11.9. The minimum absolute atomic E-state index is 0.197. The topological polar surface area (TPSA) is 80.6 Å². The fourth-order valence-corrected chi connectivity index (χ4v) is 2.60. The smallest absolute Gasteiger partial charge is 0.444 e. The van der Waals surface area contributed by atoms with Crippen LogP contribution in [-0.2, 0) is 14.0 Å². The Morgan fingerprint density at radius 3 is 2.39 bits per heavy atom. The highest BCUT2D eigenvalue weighted by molar-refractivity contribution is 6.56.